The second-order valence-corrected chi connectivity index (χ2v) is 9.74. The van der Waals surface area contributed by atoms with Gasteiger partial charge in [-0.05, 0) is 13.3 Å². The predicted octanol–water partition coefficient (Wildman–Crippen LogP) is 3.90. The third-order valence-electron chi connectivity index (χ3n) is 6.76. The Morgan fingerprint density at radius 3 is 2.12 bits per heavy atom. The van der Waals surface area contributed by atoms with Gasteiger partial charge in [-0.1, -0.05) is 84.0 Å². The van der Waals surface area contributed by atoms with E-state index in [0.29, 0.717) is 12.0 Å². The molecule has 1 saturated heterocycles. The van der Waals surface area contributed by atoms with Crippen LogP contribution in [-0.4, -0.2) is 43.9 Å². The van der Waals surface area contributed by atoms with Crippen molar-refractivity contribution < 1.29 is 19.7 Å². The van der Waals surface area contributed by atoms with Crippen LogP contribution in [0.3, 0.4) is 0 Å². The van der Waals surface area contributed by atoms with Gasteiger partial charge in [0, 0.05) is 24.6 Å². The third kappa shape index (κ3) is 9.12. The zero-order chi connectivity index (χ0) is 24.9. The molecule has 1 unspecified atom stereocenters. The first-order valence-electron chi connectivity index (χ1n) is 13.2. The summed E-state index contributed by atoms with van der Waals surface area (Å²) in [6, 6.07) is 0. The second-order valence-electron chi connectivity index (χ2n) is 9.74. The molecule has 0 bridgehead atoms. The summed E-state index contributed by atoms with van der Waals surface area (Å²) >= 11 is 0. The number of nitrogens with zero attached hydrogens (tertiary/aromatic N) is 1. The summed E-state index contributed by atoms with van der Waals surface area (Å²) in [5, 5.41) is 20.7. The van der Waals surface area contributed by atoms with E-state index in [0.717, 1.165) is 12.8 Å². The number of Topliss-reactive ketones (excluding diaryl/α,β-unsaturated/α-hetero) is 1. The monoisotopic (exact) mass is 480 g/mol. The highest BCUT2D eigenvalue weighted by Gasteiger charge is 2.42. The molecule has 0 radical (unpaired) electrons. The molecule has 1 aliphatic heterocycles. The first-order chi connectivity index (χ1) is 16.3. The van der Waals surface area contributed by atoms with Crippen LogP contribution in [0.1, 0.15) is 115 Å². The first kappa shape index (κ1) is 28.5. The van der Waals surface area contributed by atoms with Crippen molar-refractivity contribution in [2.24, 2.45) is 0 Å². The van der Waals surface area contributed by atoms with Crippen LogP contribution in [0.4, 0.5) is 0 Å². The Hall–Kier alpha value is -1.77. The number of aliphatic hydroxyl groups is 2. The maximum absolute atomic E-state index is 12.4. The van der Waals surface area contributed by atoms with E-state index in [2.05, 4.69) is 11.9 Å². The van der Waals surface area contributed by atoms with Crippen molar-refractivity contribution >= 4 is 5.78 Å². The van der Waals surface area contributed by atoms with E-state index in [1.54, 1.807) is 6.92 Å². The van der Waals surface area contributed by atoms with Gasteiger partial charge in [-0.25, -0.2) is 4.79 Å². The number of rotatable bonds is 17. The number of aliphatic hydroxyl groups excluding tert-OH is 2. The molecule has 8 heteroatoms. The molecule has 194 valence electrons. The summed E-state index contributed by atoms with van der Waals surface area (Å²) in [5.41, 5.74) is -0.800. The maximum Gasteiger partial charge on any atom is 0.330 e. The Bertz CT molecular complexity index is 848. The molecule has 1 aromatic rings. The number of H-pyrrole nitrogens is 1. The van der Waals surface area contributed by atoms with Crippen molar-refractivity contribution in [2.45, 2.75) is 135 Å². The van der Waals surface area contributed by atoms with Crippen molar-refractivity contribution in [3.8, 4) is 0 Å². The van der Waals surface area contributed by atoms with Gasteiger partial charge in [0.1, 0.15) is 18.4 Å². The van der Waals surface area contributed by atoms with E-state index >= 15 is 0 Å². The highest BCUT2D eigenvalue weighted by Crippen LogP contribution is 2.30. The Morgan fingerprint density at radius 1 is 1.03 bits per heavy atom. The highest BCUT2D eigenvalue weighted by atomic mass is 16.5. The van der Waals surface area contributed by atoms with Crippen molar-refractivity contribution in [3.05, 3.63) is 32.6 Å². The standard InChI is InChI=1S/C26H44N2O6/c1-3-4-5-6-7-8-9-10-11-12-13-14-15-16-20(29)23(31)24-21(30)17-22(34-24)28-18-19(2)25(32)27-26(28)33/h18,21-24,30-31H,3-17H2,1-2H3,(H,27,32,33)/t21-,22+,23?,24-/m0/s1. The molecule has 1 aromatic heterocycles. The van der Waals surface area contributed by atoms with Crippen LogP contribution in [0.5, 0.6) is 0 Å². The van der Waals surface area contributed by atoms with Gasteiger partial charge in [0.25, 0.3) is 5.56 Å². The molecule has 2 heterocycles. The van der Waals surface area contributed by atoms with Crippen LogP contribution in [0.15, 0.2) is 15.8 Å². The number of aromatic nitrogens is 2. The van der Waals surface area contributed by atoms with Crippen molar-refractivity contribution in [2.75, 3.05) is 0 Å². The molecule has 0 amide bonds. The number of hydrogen-bond donors (Lipinski definition) is 3. The minimum absolute atomic E-state index is 0.0547. The molecule has 0 aliphatic carbocycles. The molecular weight excluding hydrogens is 436 g/mol. The lowest BCUT2D eigenvalue weighted by atomic mass is 9.99. The number of unbranched alkanes of at least 4 members (excludes halogenated alkanes) is 12. The number of carbonyl (C=O) groups is 1. The molecule has 2 rings (SSSR count). The highest BCUT2D eigenvalue weighted by molar-refractivity contribution is 5.83. The van der Waals surface area contributed by atoms with Gasteiger partial charge in [-0.2, -0.15) is 0 Å². The van der Waals surface area contributed by atoms with Crippen LogP contribution in [0.25, 0.3) is 0 Å². The summed E-state index contributed by atoms with van der Waals surface area (Å²) in [6.07, 6.45) is 13.0. The summed E-state index contributed by atoms with van der Waals surface area (Å²) in [5.74, 6) is -0.349. The lowest BCUT2D eigenvalue weighted by molar-refractivity contribution is -0.141. The number of aryl methyl sites for hydroxylation is 1. The topological polar surface area (TPSA) is 122 Å². The molecule has 3 N–H and O–H groups in total. The molecule has 4 atom stereocenters. The lowest BCUT2D eigenvalue weighted by Crippen LogP contribution is -2.40. The van der Waals surface area contributed by atoms with E-state index in [1.807, 2.05) is 0 Å². The van der Waals surface area contributed by atoms with Gasteiger partial charge >= 0.3 is 5.69 Å². The van der Waals surface area contributed by atoms with E-state index in [4.69, 9.17) is 4.74 Å². The molecule has 0 spiro atoms. The average Bonchev–Trinajstić information content (AvgIpc) is 3.19. The Labute approximate surface area is 202 Å². The fraction of sp³-hybridized carbons (Fsp3) is 0.808. The normalized spacial score (nSPS) is 21.1. The third-order valence-corrected chi connectivity index (χ3v) is 6.76. The van der Waals surface area contributed by atoms with E-state index < -0.39 is 35.8 Å². The Kier molecular flexibility index (Phi) is 12.8. The molecule has 34 heavy (non-hydrogen) atoms. The quantitative estimate of drug-likeness (QED) is 0.291. The number of ether oxygens (including phenoxy) is 1. The van der Waals surface area contributed by atoms with E-state index in [-0.39, 0.29) is 18.6 Å². The SMILES string of the molecule is CCCCCCCCCCCCCCCC(=O)C(O)[C@H]1O[C@@H](n2cc(C)c(=O)[nH]c2=O)C[C@@H]1O. The van der Waals surface area contributed by atoms with Gasteiger partial charge in [0.05, 0.1) is 6.10 Å². The maximum atomic E-state index is 12.4. The van der Waals surface area contributed by atoms with Crippen LogP contribution in [0.2, 0.25) is 0 Å². The van der Waals surface area contributed by atoms with Crippen molar-refractivity contribution in [1.29, 1.82) is 0 Å². The summed E-state index contributed by atoms with van der Waals surface area (Å²) in [6.45, 7) is 3.80. The van der Waals surface area contributed by atoms with Crippen molar-refractivity contribution in [1.82, 2.24) is 9.55 Å². The number of hydrogen-bond acceptors (Lipinski definition) is 6. The zero-order valence-corrected chi connectivity index (χ0v) is 21.0. The van der Waals surface area contributed by atoms with Gasteiger partial charge in [-0.15, -0.1) is 0 Å². The molecule has 0 saturated carbocycles. The predicted molar refractivity (Wildman–Crippen MR) is 132 cm³/mol. The smallest absolute Gasteiger partial charge is 0.330 e. The Balaban J connectivity index is 1.61. The summed E-state index contributed by atoms with van der Waals surface area (Å²) < 4.78 is 6.84. The summed E-state index contributed by atoms with van der Waals surface area (Å²) in [7, 11) is 0. The van der Waals surface area contributed by atoms with Gasteiger partial charge < -0.3 is 14.9 Å². The zero-order valence-electron chi connectivity index (χ0n) is 21.0. The largest absolute Gasteiger partial charge is 0.390 e. The van der Waals surface area contributed by atoms with Crippen LogP contribution in [-0.2, 0) is 9.53 Å². The van der Waals surface area contributed by atoms with Gasteiger partial charge in [-0.3, -0.25) is 19.1 Å². The molecule has 8 nitrogen and oxygen atoms in total. The Morgan fingerprint density at radius 2 is 1.56 bits per heavy atom. The van der Waals surface area contributed by atoms with E-state index in [1.165, 1.54) is 75.0 Å². The fourth-order valence-corrected chi connectivity index (χ4v) is 4.58. The molecule has 0 aromatic carbocycles. The van der Waals surface area contributed by atoms with Gasteiger partial charge in [0.15, 0.2) is 5.78 Å². The molecular formula is C26H44N2O6. The summed E-state index contributed by atoms with van der Waals surface area (Å²) in [4.78, 5) is 38.2. The van der Waals surface area contributed by atoms with E-state index in [9.17, 15) is 24.6 Å². The minimum atomic E-state index is -1.43. The number of aromatic amines is 1. The molecule has 1 fully saturated rings. The average molecular weight is 481 g/mol. The van der Waals surface area contributed by atoms with Gasteiger partial charge in [0.2, 0.25) is 0 Å². The van der Waals surface area contributed by atoms with Crippen molar-refractivity contribution in [3.63, 3.8) is 0 Å². The fourth-order valence-electron chi connectivity index (χ4n) is 4.58. The van der Waals surface area contributed by atoms with Crippen LogP contribution >= 0.6 is 0 Å². The van der Waals surface area contributed by atoms with Crippen LogP contribution < -0.4 is 11.2 Å². The number of carbonyl (C=O) groups excluding carboxylic acids is 1. The van der Waals surface area contributed by atoms with Crippen LogP contribution in [0, 0.1) is 6.92 Å². The molecule has 1 aliphatic rings. The number of nitrogens with one attached hydrogen (secondary N) is 1. The lowest BCUT2D eigenvalue weighted by Gasteiger charge is -2.20. The first-order valence-corrected chi connectivity index (χ1v) is 13.2. The second kappa shape index (κ2) is 15.3. The number of ketones is 1. The minimum Gasteiger partial charge on any atom is -0.390 e.